The van der Waals surface area contributed by atoms with Crippen LogP contribution in [-0.4, -0.2) is 9.85 Å². The van der Waals surface area contributed by atoms with Crippen LogP contribution in [0.2, 0.25) is 5.02 Å². The maximum Gasteiger partial charge on any atom is 0.329 e. The molecule has 0 aliphatic carbocycles. The van der Waals surface area contributed by atoms with Gasteiger partial charge in [0.2, 0.25) is 11.5 Å². The lowest BCUT2D eigenvalue weighted by molar-refractivity contribution is -0.387. The van der Waals surface area contributed by atoms with Crippen LogP contribution in [0.15, 0.2) is 40.9 Å². The lowest BCUT2D eigenvalue weighted by atomic mass is 10.2. The van der Waals surface area contributed by atoms with Crippen LogP contribution < -0.4 is 4.74 Å². The second-order valence-electron chi connectivity index (χ2n) is 3.81. The fraction of sp³-hybridized carbons (Fsp3) is 0. The van der Waals surface area contributed by atoms with E-state index in [4.69, 9.17) is 16.3 Å². The van der Waals surface area contributed by atoms with Gasteiger partial charge in [0.25, 0.3) is 0 Å². The molecule has 7 nitrogen and oxygen atoms in total. The standard InChI is InChI=1S/C12H6BrClN2O5/c13-7-4-5-10(9(6-7)15(17)18)21-11-3-1-2-8(14)12(11)16(19)20/h1-6H. The number of rotatable bonds is 4. The lowest BCUT2D eigenvalue weighted by Gasteiger charge is -2.07. The first kappa shape index (κ1) is 15.2. The molecular weight excluding hydrogens is 367 g/mol. The number of ether oxygens (including phenoxy) is 1. The number of nitrogens with zero attached hydrogens (tertiary/aromatic N) is 2. The molecule has 0 heterocycles. The summed E-state index contributed by atoms with van der Waals surface area (Å²) in [6.45, 7) is 0. The third-order valence-electron chi connectivity index (χ3n) is 2.47. The third kappa shape index (κ3) is 3.29. The van der Waals surface area contributed by atoms with Gasteiger partial charge in [0.1, 0.15) is 5.02 Å². The van der Waals surface area contributed by atoms with Gasteiger partial charge in [-0.1, -0.05) is 33.6 Å². The Morgan fingerprint density at radius 3 is 2.38 bits per heavy atom. The molecule has 0 spiro atoms. The average molecular weight is 374 g/mol. The molecule has 0 aliphatic rings. The first-order chi connectivity index (χ1) is 9.90. The summed E-state index contributed by atoms with van der Waals surface area (Å²) in [7, 11) is 0. The van der Waals surface area contributed by atoms with Crippen molar-refractivity contribution in [2.45, 2.75) is 0 Å². The largest absolute Gasteiger partial charge is 0.443 e. The normalized spacial score (nSPS) is 10.2. The van der Waals surface area contributed by atoms with E-state index in [1.165, 1.54) is 36.4 Å². The van der Waals surface area contributed by atoms with E-state index in [9.17, 15) is 20.2 Å². The summed E-state index contributed by atoms with van der Waals surface area (Å²) in [5, 5.41) is 21.9. The first-order valence-electron chi connectivity index (χ1n) is 5.45. The molecular formula is C12H6BrClN2O5. The number of hydrogen-bond acceptors (Lipinski definition) is 5. The summed E-state index contributed by atoms with van der Waals surface area (Å²) in [4.78, 5) is 20.7. The Bertz CT molecular complexity index is 738. The van der Waals surface area contributed by atoms with Crippen molar-refractivity contribution >= 4 is 38.9 Å². The number of halogens is 2. The van der Waals surface area contributed by atoms with Gasteiger partial charge in [-0.25, -0.2) is 0 Å². The Kier molecular flexibility index (Phi) is 4.39. The summed E-state index contributed by atoms with van der Waals surface area (Å²) >= 11 is 8.87. The zero-order valence-electron chi connectivity index (χ0n) is 10.2. The van der Waals surface area contributed by atoms with Crippen LogP contribution in [0, 0.1) is 20.2 Å². The molecule has 21 heavy (non-hydrogen) atoms. The van der Waals surface area contributed by atoms with Crippen LogP contribution in [0.4, 0.5) is 11.4 Å². The fourth-order valence-electron chi connectivity index (χ4n) is 1.59. The molecule has 108 valence electrons. The number of hydrogen-bond donors (Lipinski definition) is 0. The highest BCUT2D eigenvalue weighted by atomic mass is 79.9. The number of nitro groups is 2. The van der Waals surface area contributed by atoms with Crippen LogP contribution >= 0.6 is 27.5 Å². The van der Waals surface area contributed by atoms with Crippen LogP contribution in [-0.2, 0) is 0 Å². The van der Waals surface area contributed by atoms with Crippen LogP contribution in [0.25, 0.3) is 0 Å². The highest BCUT2D eigenvalue weighted by Gasteiger charge is 2.23. The van der Waals surface area contributed by atoms with E-state index in [-0.39, 0.29) is 22.2 Å². The van der Waals surface area contributed by atoms with Gasteiger partial charge in [-0.2, -0.15) is 0 Å². The molecule has 0 atom stereocenters. The summed E-state index contributed by atoms with van der Waals surface area (Å²) in [5.74, 6) is -0.286. The van der Waals surface area contributed by atoms with E-state index in [2.05, 4.69) is 15.9 Å². The van der Waals surface area contributed by atoms with Crippen LogP contribution in [0.1, 0.15) is 0 Å². The molecule has 2 aromatic carbocycles. The van der Waals surface area contributed by atoms with E-state index in [1.807, 2.05) is 0 Å². The molecule has 0 saturated heterocycles. The molecule has 0 bridgehead atoms. The van der Waals surface area contributed by atoms with Gasteiger partial charge in [-0.3, -0.25) is 20.2 Å². The number of benzene rings is 2. The average Bonchev–Trinajstić information content (AvgIpc) is 2.40. The molecule has 0 aliphatic heterocycles. The summed E-state index contributed by atoms with van der Waals surface area (Å²) in [6, 6.07) is 8.21. The highest BCUT2D eigenvalue weighted by Crippen LogP contribution is 2.40. The molecule has 9 heteroatoms. The Morgan fingerprint density at radius 2 is 1.76 bits per heavy atom. The van der Waals surface area contributed by atoms with Crippen molar-refractivity contribution in [2.24, 2.45) is 0 Å². The predicted molar refractivity (Wildman–Crippen MR) is 79.0 cm³/mol. The molecule has 0 N–H and O–H groups in total. The van der Waals surface area contributed by atoms with Crippen LogP contribution in [0.3, 0.4) is 0 Å². The maximum atomic E-state index is 11.0. The topological polar surface area (TPSA) is 95.5 Å². The second-order valence-corrected chi connectivity index (χ2v) is 5.14. The minimum atomic E-state index is -0.706. The lowest BCUT2D eigenvalue weighted by Crippen LogP contribution is -1.97. The van der Waals surface area contributed by atoms with E-state index in [0.29, 0.717) is 4.47 Å². The highest BCUT2D eigenvalue weighted by molar-refractivity contribution is 9.10. The Hall–Kier alpha value is -2.19. The SMILES string of the molecule is O=[N+]([O-])c1cc(Br)ccc1Oc1cccc(Cl)c1[N+](=O)[O-]. The van der Waals surface area contributed by atoms with Gasteiger partial charge in [-0.15, -0.1) is 0 Å². The second kappa shape index (κ2) is 6.06. The summed E-state index contributed by atoms with van der Waals surface area (Å²) < 4.78 is 5.80. The maximum absolute atomic E-state index is 11.0. The van der Waals surface area contributed by atoms with Gasteiger partial charge in [-0.05, 0) is 24.3 Å². The third-order valence-corrected chi connectivity index (χ3v) is 3.27. The van der Waals surface area contributed by atoms with Crippen molar-refractivity contribution < 1.29 is 14.6 Å². The zero-order chi connectivity index (χ0) is 15.6. The first-order valence-corrected chi connectivity index (χ1v) is 6.62. The number of para-hydroxylation sites is 1. The van der Waals surface area contributed by atoms with E-state index in [1.54, 1.807) is 0 Å². The molecule has 0 fully saturated rings. The van der Waals surface area contributed by atoms with E-state index >= 15 is 0 Å². The van der Waals surface area contributed by atoms with Gasteiger partial charge in [0, 0.05) is 10.5 Å². The molecule has 2 rings (SSSR count). The van der Waals surface area contributed by atoms with Gasteiger partial charge >= 0.3 is 11.4 Å². The van der Waals surface area contributed by atoms with Gasteiger partial charge in [0.15, 0.2) is 0 Å². The van der Waals surface area contributed by atoms with Crippen molar-refractivity contribution in [1.82, 2.24) is 0 Å². The smallest absolute Gasteiger partial charge is 0.329 e. The Labute approximate surface area is 131 Å². The summed E-state index contributed by atoms with van der Waals surface area (Å²) in [5.41, 5.74) is -0.768. The Balaban J connectivity index is 2.51. The predicted octanol–water partition coefficient (Wildman–Crippen LogP) is 4.71. The minimum absolute atomic E-state index is 0.114. The number of nitro benzene ring substituents is 2. The minimum Gasteiger partial charge on any atom is -0.443 e. The molecule has 0 unspecified atom stereocenters. The quantitative estimate of drug-likeness (QED) is 0.571. The van der Waals surface area contributed by atoms with Gasteiger partial charge < -0.3 is 4.74 Å². The van der Waals surface area contributed by atoms with Crippen molar-refractivity contribution in [3.8, 4) is 11.5 Å². The van der Waals surface area contributed by atoms with E-state index in [0.717, 1.165) is 0 Å². The van der Waals surface area contributed by atoms with Gasteiger partial charge in [0.05, 0.1) is 9.85 Å². The zero-order valence-corrected chi connectivity index (χ0v) is 12.5. The monoisotopic (exact) mass is 372 g/mol. The summed E-state index contributed by atoms with van der Waals surface area (Å²) in [6.07, 6.45) is 0. The fourth-order valence-corrected chi connectivity index (χ4v) is 2.18. The van der Waals surface area contributed by atoms with E-state index < -0.39 is 15.5 Å². The van der Waals surface area contributed by atoms with Crippen molar-refractivity contribution in [2.75, 3.05) is 0 Å². The molecule has 0 aromatic heterocycles. The molecule has 0 amide bonds. The Morgan fingerprint density at radius 1 is 1.05 bits per heavy atom. The molecule has 2 aromatic rings. The molecule has 0 saturated carbocycles. The molecule has 0 radical (unpaired) electrons. The van der Waals surface area contributed by atoms with Crippen molar-refractivity contribution in [3.63, 3.8) is 0 Å². The van der Waals surface area contributed by atoms with Crippen molar-refractivity contribution in [1.29, 1.82) is 0 Å². The van der Waals surface area contributed by atoms with Crippen molar-refractivity contribution in [3.05, 3.63) is 66.1 Å². The van der Waals surface area contributed by atoms with Crippen LogP contribution in [0.5, 0.6) is 11.5 Å².